The summed E-state index contributed by atoms with van der Waals surface area (Å²) in [5.74, 6) is 0.131. The van der Waals surface area contributed by atoms with E-state index in [1.165, 1.54) is 0 Å². The van der Waals surface area contributed by atoms with Crippen LogP contribution in [0.3, 0.4) is 0 Å². The highest BCUT2D eigenvalue weighted by molar-refractivity contribution is 5.76. The number of amides is 1. The van der Waals surface area contributed by atoms with Crippen LogP contribution in [0.5, 0.6) is 0 Å². The zero-order valence-corrected chi connectivity index (χ0v) is 11.9. The highest BCUT2D eigenvalue weighted by Crippen LogP contribution is 2.09. The minimum absolute atomic E-state index is 0.131. The maximum Gasteiger partial charge on any atom is 0.223 e. The Morgan fingerprint density at radius 2 is 2.10 bits per heavy atom. The summed E-state index contributed by atoms with van der Waals surface area (Å²) in [4.78, 5) is 13.6. The van der Waals surface area contributed by atoms with E-state index in [-0.39, 0.29) is 5.91 Å². The second-order valence-corrected chi connectivity index (χ2v) is 4.73. The Kier molecular flexibility index (Phi) is 4.90. The Bertz CT molecular complexity index is 550. The highest BCUT2D eigenvalue weighted by Gasteiger charge is 2.10. The molecule has 20 heavy (non-hydrogen) atoms. The van der Waals surface area contributed by atoms with Gasteiger partial charge in [0.1, 0.15) is 0 Å². The van der Waals surface area contributed by atoms with Crippen molar-refractivity contribution in [3.63, 3.8) is 0 Å². The zero-order valence-electron chi connectivity index (χ0n) is 11.9. The van der Waals surface area contributed by atoms with Gasteiger partial charge in [0.2, 0.25) is 5.91 Å². The summed E-state index contributed by atoms with van der Waals surface area (Å²) in [6.45, 7) is 1.28. The molecule has 106 valence electrons. The van der Waals surface area contributed by atoms with E-state index in [4.69, 9.17) is 0 Å². The summed E-state index contributed by atoms with van der Waals surface area (Å²) in [6.07, 6.45) is 4.27. The van der Waals surface area contributed by atoms with Crippen molar-refractivity contribution in [3.05, 3.63) is 48.3 Å². The van der Waals surface area contributed by atoms with E-state index < -0.39 is 0 Å². The van der Waals surface area contributed by atoms with Gasteiger partial charge in [-0.15, -0.1) is 0 Å². The van der Waals surface area contributed by atoms with Crippen molar-refractivity contribution >= 4 is 5.91 Å². The molecule has 1 N–H and O–H groups in total. The van der Waals surface area contributed by atoms with Crippen LogP contribution in [0, 0.1) is 0 Å². The Hall–Kier alpha value is -2.14. The fraction of sp³-hybridized carbons (Fsp3) is 0.333. The van der Waals surface area contributed by atoms with Crippen molar-refractivity contribution in [2.45, 2.75) is 13.0 Å². The first-order valence-corrected chi connectivity index (χ1v) is 6.68. The summed E-state index contributed by atoms with van der Waals surface area (Å²) in [5.41, 5.74) is 2.04. The second kappa shape index (κ2) is 6.86. The minimum Gasteiger partial charge on any atom is -0.341 e. The van der Waals surface area contributed by atoms with Crippen LogP contribution in [0.2, 0.25) is 0 Å². The molecule has 1 amide bonds. The molecule has 0 spiro atoms. The Balaban J connectivity index is 1.98. The van der Waals surface area contributed by atoms with E-state index in [0.29, 0.717) is 19.5 Å². The molecule has 2 aromatic rings. The van der Waals surface area contributed by atoms with Gasteiger partial charge >= 0.3 is 0 Å². The van der Waals surface area contributed by atoms with E-state index in [1.54, 1.807) is 11.1 Å². The normalized spacial score (nSPS) is 10.5. The predicted molar refractivity (Wildman–Crippen MR) is 78.6 cm³/mol. The van der Waals surface area contributed by atoms with Crippen molar-refractivity contribution in [2.75, 3.05) is 20.6 Å². The fourth-order valence-electron chi connectivity index (χ4n) is 1.95. The number of hydrogen-bond acceptors (Lipinski definition) is 3. The third-order valence-electron chi connectivity index (χ3n) is 3.09. The average molecular weight is 272 g/mol. The van der Waals surface area contributed by atoms with Gasteiger partial charge in [-0.1, -0.05) is 18.2 Å². The second-order valence-electron chi connectivity index (χ2n) is 4.73. The van der Waals surface area contributed by atoms with Crippen molar-refractivity contribution in [1.82, 2.24) is 20.0 Å². The fourth-order valence-corrected chi connectivity index (χ4v) is 1.95. The third kappa shape index (κ3) is 3.68. The quantitative estimate of drug-likeness (QED) is 0.865. The van der Waals surface area contributed by atoms with Crippen molar-refractivity contribution in [1.29, 1.82) is 0 Å². The van der Waals surface area contributed by atoms with Crippen LogP contribution in [-0.4, -0.2) is 41.2 Å². The van der Waals surface area contributed by atoms with Gasteiger partial charge in [0.05, 0.1) is 11.9 Å². The van der Waals surface area contributed by atoms with Crippen molar-refractivity contribution in [3.8, 4) is 5.69 Å². The van der Waals surface area contributed by atoms with Gasteiger partial charge in [-0.2, -0.15) is 5.10 Å². The smallest absolute Gasteiger partial charge is 0.223 e. The van der Waals surface area contributed by atoms with Crippen molar-refractivity contribution < 1.29 is 4.79 Å². The molecule has 0 saturated carbocycles. The summed E-state index contributed by atoms with van der Waals surface area (Å²) in [6, 6.07) is 9.92. The maximum absolute atomic E-state index is 11.8. The molecule has 0 unspecified atom stereocenters. The molecule has 0 bridgehead atoms. The molecule has 0 radical (unpaired) electrons. The number of rotatable bonds is 6. The molecule has 1 aromatic heterocycles. The molecule has 2 rings (SSSR count). The van der Waals surface area contributed by atoms with Crippen LogP contribution in [0.4, 0.5) is 0 Å². The van der Waals surface area contributed by atoms with Crippen LogP contribution < -0.4 is 5.32 Å². The number of hydrogen-bond donors (Lipinski definition) is 1. The van der Waals surface area contributed by atoms with Gasteiger partial charge in [-0.3, -0.25) is 4.79 Å². The van der Waals surface area contributed by atoms with Crippen molar-refractivity contribution in [2.24, 2.45) is 0 Å². The maximum atomic E-state index is 11.8. The van der Waals surface area contributed by atoms with Crippen LogP contribution in [0.1, 0.15) is 12.0 Å². The predicted octanol–water partition coefficient (Wildman–Crippen LogP) is 1.44. The number of nitrogens with zero attached hydrogens (tertiary/aromatic N) is 3. The molecule has 0 atom stereocenters. The lowest BCUT2D eigenvalue weighted by Gasteiger charge is -2.15. The third-order valence-corrected chi connectivity index (χ3v) is 3.09. The standard InChI is InChI=1S/C15H20N4O/c1-16-9-8-15(20)18(2)11-13-10-17-19(12-13)14-6-4-3-5-7-14/h3-7,10,12,16H,8-9,11H2,1-2H3. The van der Waals surface area contributed by atoms with Crippen LogP contribution >= 0.6 is 0 Å². The number of carbonyl (C=O) groups excluding carboxylic acids is 1. The largest absolute Gasteiger partial charge is 0.341 e. The zero-order chi connectivity index (χ0) is 14.4. The lowest BCUT2D eigenvalue weighted by atomic mass is 10.3. The van der Waals surface area contributed by atoms with Crippen LogP contribution in [-0.2, 0) is 11.3 Å². The minimum atomic E-state index is 0.131. The molecule has 0 aliphatic rings. The first-order chi connectivity index (χ1) is 9.70. The van der Waals surface area contributed by atoms with Gasteiger partial charge in [0.15, 0.2) is 0 Å². The summed E-state index contributed by atoms with van der Waals surface area (Å²) in [5, 5.41) is 7.31. The molecule has 1 aromatic carbocycles. The number of para-hydroxylation sites is 1. The van der Waals surface area contributed by atoms with Gasteiger partial charge in [0, 0.05) is 38.3 Å². The SMILES string of the molecule is CNCCC(=O)N(C)Cc1cnn(-c2ccccc2)c1. The van der Waals surface area contributed by atoms with Crippen LogP contribution in [0.25, 0.3) is 5.69 Å². The molecule has 5 nitrogen and oxygen atoms in total. The van der Waals surface area contributed by atoms with Gasteiger partial charge < -0.3 is 10.2 Å². The van der Waals surface area contributed by atoms with Gasteiger partial charge in [0.25, 0.3) is 0 Å². The first-order valence-electron chi connectivity index (χ1n) is 6.68. The summed E-state index contributed by atoms with van der Waals surface area (Å²) >= 11 is 0. The number of carbonyl (C=O) groups is 1. The van der Waals surface area contributed by atoms with Gasteiger partial charge in [-0.05, 0) is 19.2 Å². The molecular weight excluding hydrogens is 252 g/mol. The Morgan fingerprint density at radius 1 is 1.35 bits per heavy atom. The number of aromatic nitrogens is 2. The van der Waals surface area contributed by atoms with Crippen LogP contribution in [0.15, 0.2) is 42.7 Å². The van der Waals surface area contributed by atoms with E-state index >= 15 is 0 Å². The summed E-state index contributed by atoms with van der Waals surface area (Å²) < 4.78 is 1.82. The average Bonchev–Trinajstić information content (AvgIpc) is 2.94. The van der Waals surface area contributed by atoms with E-state index in [0.717, 1.165) is 11.3 Å². The van der Waals surface area contributed by atoms with E-state index in [2.05, 4.69) is 10.4 Å². The number of benzene rings is 1. The molecule has 0 saturated heterocycles. The molecule has 0 aliphatic heterocycles. The Labute approximate surface area is 119 Å². The molecule has 0 fully saturated rings. The topological polar surface area (TPSA) is 50.2 Å². The van der Waals surface area contributed by atoms with E-state index in [9.17, 15) is 4.79 Å². The number of nitrogens with one attached hydrogen (secondary N) is 1. The molecular formula is C15H20N4O. The highest BCUT2D eigenvalue weighted by atomic mass is 16.2. The molecule has 5 heteroatoms. The molecule has 0 aliphatic carbocycles. The van der Waals surface area contributed by atoms with E-state index in [1.807, 2.05) is 55.3 Å². The Morgan fingerprint density at radius 3 is 2.80 bits per heavy atom. The first kappa shape index (κ1) is 14.3. The lowest BCUT2D eigenvalue weighted by Crippen LogP contribution is -2.28. The lowest BCUT2D eigenvalue weighted by molar-refractivity contribution is -0.130. The van der Waals surface area contributed by atoms with Gasteiger partial charge in [-0.25, -0.2) is 4.68 Å². The summed E-state index contributed by atoms with van der Waals surface area (Å²) in [7, 11) is 3.66. The molecule has 1 heterocycles. The monoisotopic (exact) mass is 272 g/mol.